The molecule has 0 aliphatic carbocycles. The molecular formula is C16H22O2. The van der Waals surface area contributed by atoms with E-state index in [4.69, 9.17) is 4.74 Å². The zero-order valence-electron chi connectivity index (χ0n) is 11.9. The number of hydrogen-bond donors (Lipinski definition) is 0. The van der Waals surface area contributed by atoms with Gasteiger partial charge in [-0.05, 0) is 23.0 Å². The normalized spacial score (nSPS) is 12.6. The van der Waals surface area contributed by atoms with E-state index in [1.54, 1.807) is 0 Å². The molecule has 0 aliphatic rings. The third-order valence-corrected chi connectivity index (χ3v) is 2.93. The van der Waals surface area contributed by atoms with E-state index in [0.717, 1.165) is 16.7 Å². The molecule has 0 aliphatic heterocycles. The Morgan fingerprint density at radius 3 is 1.94 bits per heavy atom. The first kappa shape index (κ1) is 14.5. The van der Waals surface area contributed by atoms with Crippen molar-refractivity contribution in [2.75, 3.05) is 7.11 Å². The van der Waals surface area contributed by atoms with Crippen molar-refractivity contribution in [3.05, 3.63) is 41.5 Å². The fourth-order valence-electron chi connectivity index (χ4n) is 2.18. The van der Waals surface area contributed by atoms with Crippen LogP contribution in [0.1, 0.15) is 33.3 Å². The van der Waals surface area contributed by atoms with Gasteiger partial charge in [-0.3, -0.25) is 0 Å². The molecule has 0 saturated carbocycles. The minimum absolute atomic E-state index is 0.148. The summed E-state index contributed by atoms with van der Waals surface area (Å²) in [5.74, 6) is 0.205. The SMILES string of the molecule is COC(=O)/C(=C(/c1ccccc1)C(C)C)C(C)C. The minimum atomic E-state index is -0.224. The molecule has 0 radical (unpaired) electrons. The van der Waals surface area contributed by atoms with E-state index in [0.29, 0.717) is 0 Å². The number of hydrogen-bond acceptors (Lipinski definition) is 2. The first-order chi connectivity index (χ1) is 8.49. The van der Waals surface area contributed by atoms with E-state index in [1.807, 2.05) is 44.2 Å². The van der Waals surface area contributed by atoms with Crippen molar-refractivity contribution in [3.63, 3.8) is 0 Å². The van der Waals surface area contributed by atoms with Crippen LogP contribution in [-0.2, 0) is 9.53 Å². The molecule has 0 N–H and O–H groups in total. The fraction of sp³-hybridized carbons (Fsp3) is 0.438. The second-order valence-corrected chi connectivity index (χ2v) is 4.99. The van der Waals surface area contributed by atoms with Gasteiger partial charge >= 0.3 is 5.97 Å². The Balaban J connectivity index is 3.44. The lowest BCUT2D eigenvalue weighted by Gasteiger charge is -2.20. The Hall–Kier alpha value is -1.57. The van der Waals surface area contributed by atoms with Crippen LogP contribution in [0.15, 0.2) is 35.9 Å². The molecule has 1 rings (SSSR count). The Kier molecular flexibility index (Phi) is 5.14. The maximum absolute atomic E-state index is 12.0. The Bertz CT molecular complexity index is 428. The van der Waals surface area contributed by atoms with Crippen LogP contribution in [0.25, 0.3) is 5.57 Å². The van der Waals surface area contributed by atoms with Crippen molar-refractivity contribution < 1.29 is 9.53 Å². The molecule has 0 aromatic heterocycles. The molecule has 0 fully saturated rings. The van der Waals surface area contributed by atoms with Gasteiger partial charge in [-0.2, -0.15) is 0 Å². The highest BCUT2D eigenvalue weighted by molar-refractivity contribution is 5.98. The summed E-state index contributed by atoms with van der Waals surface area (Å²) in [6.07, 6.45) is 0. The standard InChI is InChI=1S/C16H22O2/c1-11(2)14(13-9-7-6-8-10-13)15(12(3)4)16(17)18-5/h6-12H,1-5H3/b15-14+. The molecule has 1 aromatic carbocycles. The third kappa shape index (κ3) is 3.22. The van der Waals surface area contributed by atoms with Crippen LogP contribution in [0.2, 0.25) is 0 Å². The predicted octanol–water partition coefficient (Wildman–Crippen LogP) is 3.93. The molecule has 98 valence electrons. The Morgan fingerprint density at radius 2 is 1.56 bits per heavy atom. The molecule has 2 heteroatoms. The minimum Gasteiger partial charge on any atom is -0.466 e. The van der Waals surface area contributed by atoms with E-state index >= 15 is 0 Å². The zero-order chi connectivity index (χ0) is 13.7. The highest BCUT2D eigenvalue weighted by Gasteiger charge is 2.22. The molecule has 0 heterocycles. The smallest absolute Gasteiger partial charge is 0.334 e. The molecular weight excluding hydrogens is 224 g/mol. The molecule has 0 saturated heterocycles. The largest absolute Gasteiger partial charge is 0.466 e. The average molecular weight is 246 g/mol. The van der Waals surface area contributed by atoms with E-state index in [-0.39, 0.29) is 17.8 Å². The van der Waals surface area contributed by atoms with Gasteiger partial charge in [-0.15, -0.1) is 0 Å². The molecule has 0 atom stereocenters. The maximum atomic E-state index is 12.0. The number of methoxy groups -OCH3 is 1. The van der Waals surface area contributed by atoms with Crippen LogP contribution >= 0.6 is 0 Å². The van der Waals surface area contributed by atoms with Crippen molar-refractivity contribution in [2.24, 2.45) is 11.8 Å². The second kappa shape index (κ2) is 6.39. The van der Waals surface area contributed by atoms with Crippen LogP contribution in [0.5, 0.6) is 0 Å². The maximum Gasteiger partial charge on any atom is 0.334 e. The number of carbonyl (C=O) groups excluding carboxylic acids is 1. The van der Waals surface area contributed by atoms with Crippen molar-refractivity contribution in [1.82, 2.24) is 0 Å². The summed E-state index contributed by atoms with van der Waals surface area (Å²) in [6, 6.07) is 10.1. The van der Waals surface area contributed by atoms with Gasteiger partial charge in [0.1, 0.15) is 0 Å². The number of benzene rings is 1. The summed E-state index contributed by atoms with van der Waals surface area (Å²) in [6.45, 7) is 8.26. The monoisotopic (exact) mass is 246 g/mol. The van der Waals surface area contributed by atoms with Gasteiger partial charge in [0.2, 0.25) is 0 Å². The highest BCUT2D eigenvalue weighted by atomic mass is 16.5. The zero-order valence-corrected chi connectivity index (χ0v) is 11.9. The van der Waals surface area contributed by atoms with Crippen LogP contribution in [0, 0.1) is 11.8 Å². The topological polar surface area (TPSA) is 26.3 Å². The van der Waals surface area contributed by atoms with Gasteiger partial charge in [-0.25, -0.2) is 4.79 Å². The van der Waals surface area contributed by atoms with Gasteiger partial charge in [0, 0.05) is 5.57 Å². The number of esters is 1. The first-order valence-electron chi connectivity index (χ1n) is 6.36. The van der Waals surface area contributed by atoms with Crippen LogP contribution in [0.4, 0.5) is 0 Å². The molecule has 2 nitrogen and oxygen atoms in total. The molecule has 0 unspecified atom stereocenters. The number of carbonyl (C=O) groups is 1. The molecule has 0 amide bonds. The summed E-state index contributed by atoms with van der Waals surface area (Å²) in [5, 5.41) is 0. The Labute approximate surface area is 110 Å². The molecule has 1 aromatic rings. The van der Waals surface area contributed by atoms with Crippen LogP contribution < -0.4 is 0 Å². The average Bonchev–Trinajstić information content (AvgIpc) is 2.35. The number of ether oxygens (including phenoxy) is 1. The lowest BCUT2D eigenvalue weighted by atomic mass is 9.86. The van der Waals surface area contributed by atoms with Crippen molar-refractivity contribution in [3.8, 4) is 0 Å². The van der Waals surface area contributed by atoms with E-state index in [2.05, 4.69) is 13.8 Å². The van der Waals surface area contributed by atoms with E-state index in [1.165, 1.54) is 7.11 Å². The van der Waals surface area contributed by atoms with Gasteiger partial charge in [-0.1, -0.05) is 58.0 Å². The number of rotatable bonds is 4. The lowest BCUT2D eigenvalue weighted by Crippen LogP contribution is -2.15. The fourth-order valence-corrected chi connectivity index (χ4v) is 2.18. The van der Waals surface area contributed by atoms with Gasteiger partial charge in [0.15, 0.2) is 0 Å². The summed E-state index contributed by atoms with van der Waals surface area (Å²) >= 11 is 0. The van der Waals surface area contributed by atoms with Crippen molar-refractivity contribution in [2.45, 2.75) is 27.7 Å². The second-order valence-electron chi connectivity index (χ2n) is 4.99. The van der Waals surface area contributed by atoms with Gasteiger partial charge < -0.3 is 4.74 Å². The summed E-state index contributed by atoms with van der Waals surface area (Å²) in [4.78, 5) is 12.0. The number of allylic oxidation sites excluding steroid dienone is 1. The van der Waals surface area contributed by atoms with Crippen molar-refractivity contribution >= 4 is 11.5 Å². The summed E-state index contributed by atoms with van der Waals surface area (Å²) in [5.41, 5.74) is 2.96. The first-order valence-corrected chi connectivity index (χ1v) is 6.36. The highest BCUT2D eigenvalue weighted by Crippen LogP contribution is 2.31. The van der Waals surface area contributed by atoms with Gasteiger partial charge in [0.05, 0.1) is 7.11 Å². The van der Waals surface area contributed by atoms with E-state index in [9.17, 15) is 4.79 Å². The van der Waals surface area contributed by atoms with Crippen LogP contribution in [0.3, 0.4) is 0 Å². The molecule has 18 heavy (non-hydrogen) atoms. The van der Waals surface area contributed by atoms with E-state index < -0.39 is 0 Å². The van der Waals surface area contributed by atoms with Crippen molar-refractivity contribution in [1.29, 1.82) is 0 Å². The molecule has 0 bridgehead atoms. The predicted molar refractivity (Wildman–Crippen MR) is 75.1 cm³/mol. The Morgan fingerprint density at radius 1 is 1.00 bits per heavy atom. The molecule has 0 spiro atoms. The third-order valence-electron chi connectivity index (χ3n) is 2.93. The summed E-state index contributed by atoms with van der Waals surface area (Å²) in [7, 11) is 1.44. The summed E-state index contributed by atoms with van der Waals surface area (Å²) < 4.78 is 4.93. The van der Waals surface area contributed by atoms with Gasteiger partial charge in [0.25, 0.3) is 0 Å². The quantitative estimate of drug-likeness (QED) is 0.594. The lowest BCUT2D eigenvalue weighted by molar-refractivity contribution is -0.136. The van der Waals surface area contributed by atoms with Crippen LogP contribution in [-0.4, -0.2) is 13.1 Å².